The van der Waals surface area contributed by atoms with E-state index < -0.39 is 6.10 Å². The van der Waals surface area contributed by atoms with Gasteiger partial charge in [-0.05, 0) is 38.1 Å². The van der Waals surface area contributed by atoms with E-state index in [9.17, 15) is 9.59 Å². The predicted molar refractivity (Wildman–Crippen MR) is 104 cm³/mol. The second-order valence-electron chi connectivity index (χ2n) is 6.75. The molecule has 0 saturated heterocycles. The SMILES string of the molecule is Cc1cc(C)n(-c2ccc(=O)n(CCNC(=O)[C@@H]3COc4ccccc4O3)n2)n1. The molecule has 0 radical (unpaired) electrons. The van der Waals surface area contributed by atoms with Crippen LogP contribution in [-0.4, -0.2) is 44.7 Å². The largest absolute Gasteiger partial charge is 0.485 e. The molecule has 150 valence electrons. The van der Waals surface area contributed by atoms with Gasteiger partial charge in [0.15, 0.2) is 17.3 Å². The zero-order valence-corrected chi connectivity index (χ0v) is 16.2. The van der Waals surface area contributed by atoms with Crippen LogP contribution in [0.2, 0.25) is 0 Å². The summed E-state index contributed by atoms with van der Waals surface area (Å²) in [6.07, 6.45) is -0.740. The molecule has 3 heterocycles. The number of aryl methyl sites for hydroxylation is 2. The van der Waals surface area contributed by atoms with Crippen LogP contribution in [0.15, 0.2) is 47.3 Å². The van der Waals surface area contributed by atoms with Crippen molar-refractivity contribution in [2.45, 2.75) is 26.5 Å². The minimum absolute atomic E-state index is 0.133. The molecular formula is C20H21N5O4. The third-order valence-corrected chi connectivity index (χ3v) is 4.50. The van der Waals surface area contributed by atoms with Crippen molar-refractivity contribution in [2.24, 2.45) is 0 Å². The number of fused-ring (bicyclic) bond motifs is 1. The standard InChI is InChI=1S/C20H21N5O4/c1-13-11-14(2)25(22-13)18-7-8-19(26)24(23-18)10-9-21-20(27)17-12-28-15-5-3-4-6-16(15)29-17/h3-8,11,17H,9-10,12H2,1-2H3,(H,21,27)/t17-/m0/s1. The first-order chi connectivity index (χ1) is 14.0. The van der Waals surface area contributed by atoms with Gasteiger partial charge >= 0.3 is 0 Å². The normalized spacial score (nSPS) is 15.2. The van der Waals surface area contributed by atoms with E-state index in [0.717, 1.165) is 11.4 Å². The molecule has 0 fully saturated rings. The Morgan fingerprint density at radius 1 is 1.17 bits per heavy atom. The van der Waals surface area contributed by atoms with Gasteiger partial charge in [0, 0.05) is 18.3 Å². The van der Waals surface area contributed by atoms with E-state index >= 15 is 0 Å². The summed E-state index contributed by atoms with van der Waals surface area (Å²) >= 11 is 0. The van der Waals surface area contributed by atoms with Gasteiger partial charge in [0.2, 0.25) is 6.10 Å². The van der Waals surface area contributed by atoms with Gasteiger partial charge in [-0.25, -0.2) is 9.36 Å². The number of amides is 1. The molecule has 3 aromatic rings. The molecule has 1 aliphatic heterocycles. The van der Waals surface area contributed by atoms with Crippen molar-refractivity contribution in [1.29, 1.82) is 0 Å². The lowest BCUT2D eigenvalue weighted by atomic mass is 10.2. The molecule has 4 rings (SSSR count). The van der Waals surface area contributed by atoms with Crippen LogP contribution < -0.4 is 20.3 Å². The zero-order chi connectivity index (χ0) is 20.4. The fraction of sp³-hybridized carbons (Fsp3) is 0.300. The lowest BCUT2D eigenvalue weighted by Gasteiger charge is -2.25. The highest BCUT2D eigenvalue weighted by atomic mass is 16.6. The van der Waals surface area contributed by atoms with E-state index in [0.29, 0.717) is 17.3 Å². The molecule has 0 spiro atoms. The van der Waals surface area contributed by atoms with Crippen LogP contribution >= 0.6 is 0 Å². The number of carbonyl (C=O) groups is 1. The van der Waals surface area contributed by atoms with Crippen molar-refractivity contribution in [3.8, 4) is 17.3 Å². The van der Waals surface area contributed by atoms with Crippen molar-refractivity contribution in [1.82, 2.24) is 24.9 Å². The summed E-state index contributed by atoms with van der Waals surface area (Å²) in [5.74, 6) is 1.40. The molecule has 2 aromatic heterocycles. The third kappa shape index (κ3) is 3.98. The Morgan fingerprint density at radius 3 is 2.72 bits per heavy atom. The van der Waals surface area contributed by atoms with Gasteiger partial charge in [-0.15, -0.1) is 5.10 Å². The smallest absolute Gasteiger partial charge is 0.266 e. The Labute approximate surface area is 166 Å². The summed E-state index contributed by atoms with van der Waals surface area (Å²) in [5.41, 5.74) is 1.53. The van der Waals surface area contributed by atoms with Gasteiger partial charge in [0.1, 0.15) is 6.61 Å². The molecule has 9 heteroatoms. The van der Waals surface area contributed by atoms with E-state index in [1.54, 1.807) is 22.9 Å². The van der Waals surface area contributed by atoms with Crippen LogP contribution in [0.4, 0.5) is 0 Å². The Kier molecular flexibility index (Phi) is 5.03. The average molecular weight is 395 g/mol. The number of para-hydroxylation sites is 2. The minimum atomic E-state index is -0.740. The van der Waals surface area contributed by atoms with E-state index in [2.05, 4.69) is 15.5 Å². The Bertz CT molecular complexity index is 1100. The molecule has 1 atom stereocenters. The first kappa shape index (κ1) is 18.7. The number of hydrogen-bond acceptors (Lipinski definition) is 6. The van der Waals surface area contributed by atoms with Crippen molar-refractivity contribution < 1.29 is 14.3 Å². The van der Waals surface area contributed by atoms with Crippen LogP contribution in [-0.2, 0) is 11.3 Å². The second-order valence-corrected chi connectivity index (χ2v) is 6.75. The molecule has 0 bridgehead atoms. The number of carbonyl (C=O) groups excluding carboxylic acids is 1. The molecule has 29 heavy (non-hydrogen) atoms. The van der Waals surface area contributed by atoms with Gasteiger partial charge in [-0.1, -0.05) is 12.1 Å². The van der Waals surface area contributed by atoms with Crippen molar-refractivity contribution in [3.63, 3.8) is 0 Å². The highest BCUT2D eigenvalue weighted by molar-refractivity contribution is 5.81. The van der Waals surface area contributed by atoms with Gasteiger partial charge in [0.05, 0.1) is 12.2 Å². The molecule has 1 amide bonds. The first-order valence-corrected chi connectivity index (χ1v) is 9.29. The highest BCUT2D eigenvalue weighted by Gasteiger charge is 2.26. The van der Waals surface area contributed by atoms with Crippen LogP contribution in [0, 0.1) is 13.8 Å². The molecule has 0 unspecified atom stereocenters. The average Bonchev–Trinajstić information content (AvgIpc) is 3.07. The number of hydrogen-bond donors (Lipinski definition) is 1. The Balaban J connectivity index is 1.38. The maximum absolute atomic E-state index is 12.4. The van der Waals surface area contributed by atoms with Gasteiger partial charge < -0.3 is 14.8 Å². The lowest BCUT2D eigenvalue weighted by Crippen LogP contribution is -2.45. The van der Waals surface area contributed by atoms with E-state index in [4.69, 9.17) is 9.47 Å². The van der Waals surface area contributed by atoms with Crippen LogP contribution in [0.3, 0.4) is 0 Å². The molecule has 1 N–H and O–H groups in total. The van der Waals surface area contributed by atoms with E-state index in [1.807, 2.05) is 32.0 Å². The quantitative estimate of drug-likeness (QED) is 0.692. The van der Waals surface area contributed by atoms with E-state index in [1.165, 1.54) is 10.7 Å². The van der Waals surface area contributed by atoms with Gasteiger partial charge in [-0.3, -0.25) is 9.59 Å². The summed E-state index contributed by atoms with van der Waals surface area (Å²) in [6.45, 7) is 4.40. The maximum atomic E-state index is 12.4. The first-order valence-electron chi connectivity index (χ1n) is 9.29. The maximum Gasteiger partial charge on any atom is 0.266 e. The number of aromatic nitrogens is 4. The zero-order valence-electron chi connectivity index (χ0n) is 16.2. The number of nitrogens with one attached hydrogen (secondary N) is 1. The third-order valence-electron chi connectivity index (χ3n) is 4.50. The van der Waals surface area contributed by atoms with Crippen molar-refractivity contribution >= 4 is 5.91 Å². The molecular weight excluding hydrogens is 374 g/mol. The monoisotopic (exact) mass is 395 g/mol. The number of benzene rings is 1. The lowest BCUT2D eigenvalue weighted by molar-refractivity contribution is -0.130. The van der Waals surface area contributed by atoms with Crippen molar-refractivity contribution in [2.75, 3.05) is 13.2 Å². The predicted octanol–water partition coefficient (Wildman–Crippen LogP) is 1.00. The van der Waals surface area contributed by atoms with Crippen LogP contribution in [0.25, 0.3) is 5.82 Å². The summed E-state index contributed by atoms with van der Waals surface area (Å²) < 4.78 is 14.2. The number of nitrogens with zero attached hydrogens (tertiary/aromatic N) is 4. The fourth-order valence-electron chi connectivity index (χ4n) is 3.12. The molecule has 1 aliphatic rings. The second kappa shape index (κ2) is 7.78. The Morgan fingerprint density at radius 2 is 1.97 bits per heavy atom. The minimum Gasteiger partial charge on any atom is -0.485 e. The number of ether oxygens (including phenoxy) is 2. The summed E-state index contributed by atoms with van der Waals surface area (Å²) in [7, 11) is 0. The van der Waals surface area contributed by atoms with Gasteiger partial charge in [0.25, 0.3) is 11.5 Å². The summed E-state index contributed by atoms with van der Waals surface area (Å²) in [5, 5.41) is 11.5. The topological polar surface area (TPSA) is 100 Å². The highest BCUT2D eigenvalue weighted by Crippen LogP contribution is 2.30. The molecule has 9 nitrogen and oxygen atoms in total. The molecule has 1 aromatic carbocycles. The number of rotatable bonds is 5. The molecule has 0 saturated carbocycles. The van der Waals surface area contributed by atoms with Crippen LogP contribution in [0.1, 0.15) is 11.4 Å². The fourth-order valence-corrected chi connectivity index (χ4v) is 3.12. The van der Waals surface area contributed by atoms with Gasteiger partial charge in [-0.2, -0.15) is 5.10 Å². The summed E-state index contributed by atoms with van der Waals surface area (Å²) in [4.78, 5) is 24.5. The van der Waals surface area contributed by atoms with Crippen LogP contribution in [0.5, 0.6) is 11.5 Å². The van der Waals surface area contributed by atoms with Crippen molar-refractivity contribution in [3.05, 3.63) is 64.2 Å². The van der Waals surface area contributed by atoms with E-state index in [-0.39, 0.29) is 31.2 Å². The Hall–Kier alpha value is -3.62. The summed E-state index contributed by atoms with van der Waals surface area (Å²) in [6, 6.07) is 12.2. The molecule has 0 aliphatic carbocycles.